The molecule has 0 aromatic carbocycles. The summed E-state index contributed by atoms with van der Waals surface area (Å²) in [5.74, 6) is -0.272. The minimum atomic E-state index is -0.272. The van der Waals surface area contributed by atoms with Crippen LogP contribution < -0.4 is 0 Å². The molecule has 0 aliphatic rings. The van der Waals surface area contributed by atoms with Gasteiger partial charge in [0.25, 0.3) is 0 Å². The van der Waals surface area contributed by atoms with Gasteiger partial charge in [-0.15, -0.1) is 0 Å². The molecule has 0 saturated heterocycles. The first-order valence-corrected chi connectivity index (χ1v) is 5.55. The van der Waals surface area contributed by atoms with Crippen LogP contribution >= 0.6 is 0 Å². The summed E-state index contributed by atoms with van der Waals surface area (Å²) in [6, 6.07) is 0. The van der Waals surface area contributed by atoms with E-state index in [2.05, 4.69) is 12.0 Å². The van der Waals surface area contributed by atoms with Crippen molar-refractivity contribution in [3.8, 4) is 0 Å². The second-order valence-corrected chi connectivity index (χ2v) is 3.58. The van der Waals surface area contributed by atoms with Crippen molar-refractivity contribution in [2.45, 2.75) is 33.7 Å². The van der Waals surface area contributed by atoms with E-state index >= 15 is 0 Å². The third-order valence-electron chi connectivity index (χ3n) is 2.09. The van der Waals surface area contributed by atoms with Crippen LogP contribution in [0.4, 0.5) is 0 Å². The van der Waals surface area contributed by atoms with Crippen LogP contribution in [-0.4, -0.2) is 22.4 Å². The molecular formula is C12H18N2O2. The molecule has 88 valence electrons. The number of aryl methyl sites for hydroxylation is 1. The summed E-state index contributed by atoms with van der Waals surface area (Å²) in [5, 5.41) is 4.18. The number of carbonyl (C=O) groups excluding carboxylic acids is 1. The Morgan fingerprint density at radius 2 is 2.31 bits per heavy atom. The molecule has 1 rings (SSSR count). The van der Waals surface area contributed by atoms with Crippen LogP contribution in [0.25, 0.3) is 6.08 Å². The molecule has 0 aliphatic carbocycles. The average Bonchev–Trinajstić information content (AvgIpc) is 2.66. The smallest absolute Gasteiger partial charge is 0.333 e. The fourth-order valence-electron chi connectivity index (χ4n) is 1.36. The van der Waals surface area contributed by atoms with Gasteiger partial charge in [0.1, 0.15) is 0 Å². The van der Waals surface area contributed by atoms with Crippen LogP contribution in [0.3, 0.4) is 0 Å². The lowest BCUT2D eigenvalue weighted by Crippen LogP contribution is -2.04. The Kier molecular flexibility index (Phi) is 4.76. The monoisotopic (exact) mass is 222 g/mol. The molecule has 1 aromatic heterocycles. The average molecular weight is 222 g/mol. The summed E-state index contributed by atoms with van der Waals surface area (Å²) >= 11 is 0. The zero-order valence-electron chi connectivity index (χ0n) is 10.1. The molecule has 0 unspecified atom stereocenters. The topological polar surface area (TPSA) is 44.1 Å². The van der Waals surface area contributed by atoms with E-state index in [4.69, 9.17) is 4.74 Å². The normalized spacial score (nSPS) is 11.6. The molecule has 4 nitrogen and oxygen atoms in total. The Balaban J connectivity index is 2.69. The minimum Gasteiger partial charge on any atom is -0.463 e. The van der Waals surface area contributed by atoms with E-state index in [-0.39, 0.29) is 5.97 Å². The Morgan fingerprint density at radius 1 is 1.56 bits per heavy atom. The lowest BCUT2D eigenvalue weighted by molar-refractivity contribution is -0.138. The standard InChI is InChI=1S/C12H18N2O2/c1-4-6-14-9-11(8-13-14)7-10(3)12(15)16-5-2/h7-9H,4-6H2,1-3H3/b10-7-. The number of esters is 1. The van der Waals surface area contributed by atoms with Gasteiger partial charge in [0, 0.05) is 23.9 Å². The van der Waals surface area contributed by atoms with E-state index in [0.717, 1.165) is 18.5 Å². The highest BCUT2D eigenvalue weighted by molar-refractivity contribution is 5.92. The lowest BCUT2D eigenvalue weighted by atomic mass is 10.2. The summed E-state index contributed by atoms with van der Waals surface area (Å²) in [5.41, 5.74) is 1.52. The Hall–Kier alpha value is -1.58. The van der Waals surface area contributed by atoms with Gasteiger partial charge in [-0.2, -0.15) is 5.10 Å². The molecule has 16 heavy (non-hydrogen) atoms. The van der Waals surface area contributed by atoms with Gasteiger partial charge in [-0.1, -0.05) is 6.92 Å². The van der Waals surface area contributed by atoms with Gasteiger partial charge < -0.3 is 4.74 Å². The highest BCUT2D eigenvalue weighted by Crippen LogP contribution is 2.07. The van der Waals surface area contributed by atoms with E-state index in [1.807, 2.05) is 10.9 Å². The summed E-state index contributed by atoms with van der Waals surface area (Å²) in [6.45, 7) is 6.94. The second-order valence-electron chi connectivity index (χ2n) is 3.58. The number of rotatable bonds is 5. The summed E-state index contributed by atoms with van der Waals surface area (Å²) in [7, 11) is 0. The first-order chi connectivity index (χ1) is 7.67. The largest absolute Gasteiger partial charge is 0.463 e. The molecule has 0 bridgehead atoms. The van der Waals surface area contributed by atoms with Gasteiger partial charge in [0.05, 0.1) is 12.8 Å². The SMILES string of the molecule is CCCn1cc(/C=C(/C)C(=O)OCC)cn1. The maximum Gasteiger partial charge on any atom is 0.333 e. The molecule has 1 aromatic rings. The van der Waals surface area contributed by atoms with Crippen molar-refractivity contribution in [1.82, 2.24) is 9.78 Å². The molecule has 0 N–H and O–H groups in total. The Labute approximate surface area is 95.9 Å². The number of ether oxygens (including phenoxy) is 1. The lowest BCUT2D eigenvalue weighted by Gasteiger charge is -2.00. The molecule has 0 amide bonds. The summed E-state index contributed by atoms with van der Waals surface area (Å²) < 4.78 is 6.76. The summed E-state index contributed by atoms with van der Waals surface area (Å²) in [6.07, 6.45) is 6.50. The summed E-state index contributed by atoms with van der Waals surface area (Å²) in [4.78, 5) is 11.4. The second kappa shape index (κ2) is 6.10. The van der Waals surface area contributed by atoms with Crippen LogP contribution in [0.1, 0.15) is 32.8 Å². The van der Waals surface area contributed by atoms with Crippen molar-refractivity contribution in [1.29, 1.82) is 0 Å². The zero-order valence-corrected chi connectivity index (χ0v) is 10.1. The minimum absolute atomic E-state index is 0.272. The van der Waals surface area contributed by atoms with E-state index in [0.29, 0.717) is 12.2 Å². The van der Waals surface area contributed by atoms with E-state index in [1.165, 1.54) is 0 Å². The van der Waals surface area contributed by atoms with Gasteiger partial charge in [-0.05, 0) is 26.3 Å². The quantitative estimate of drug-likeness (QED) is 0.567. The molecule has 0 radical (unpaired) electrons. The molecular weight excluding hydrogens is 204 g/mol. The third-order valence-corrected chi connectivity index (χ3v) is 2.09. The first kappa shape index (κ1) is 12.5. The van der Waals surface area contributed by atoms with Gasteiger partial charge in [0.2, 0.25) is 0 Å². The van der Waals surface area contributed by atoms with Gasteiger partial charge in [-0.25, -0.2) is 4.79 Å². The zero-order chi connectivity index (χ0) is 12.0. The fraction of sp³-hybridized carbons (Fsp3) is 0.500. The predicted molar refractivity (Wildman–Crippen MR) is 62.8 cm³/mol. The van der Waals surface area contributed by atoms with Crippen molar-refractivity contribution >= 4 is 12.0 Å². The van der Waals surface area contributed by atoms with Crippen LogP contribution in [0.15, 0.2) is 18.0 Å². The Bertz CT molecular complexity index is 380. The maximum atomic E-state index is 11.4. The number of hydrogen-bond donors (Lipinski definition) is 0. The number of carbonyl (C=O) groups is 1. The van der Waals surface area contributed by atoms with Crippen LogP contribution in [0.5, 0.6) is 0 Å². The predicted octanol–water partition coefficient (Wildman–Crippen LogP) is 2.26. The van der Waals surface area contributed by atoms with Gasteiger partial charge in [-0.3, -0.25) is 4.68 Å². The van der Waals surface area contributed by atoms with Crippen molar-refractivity contribution in [2.75, 3.05) is 6.61 Å². The third kappa shape index (κ3) is 3.53. The number of hydrogen-bond acceptors (Lipinski definition) is 3. The molecule has 0 spiro atoms. The Morgan fingerprint density at radius 3 is 2.94 bits per heavy atom. The van der Waals surface area contributed by atoms with Gasteiger partial charge in [0.15, 0.2) is 0 Å². The van der Waals surface area contributed by atoms with Crippen molar-refractivity contribution in [3.63, 3.8) is 0 Å². The number of aromatic nitrogens is 2. The fourth-order valence-corrected chi connectivity index (χ4v) is 1.36. The molecule has 0 fully saturated rings. The molecule has 0 aliphatic heterocycles. The van der Waals surface area contributed by atoms with Crippen LogP contribution in [0, 0.1) is 0 Å². The highest BCUT2D eigenvalue weighted by Gasteiger charge is 2.05. The van der Waals surface area contributed by atoms with Crippen LogP contribution in [0.2, 0.25) is 0 Å². The molecule has 0 saturated carbocycles. The van der Waals surface area contributed by atoms with Crippen molar-refractivity contribution in [2.24, 2.45) is 0 Å². The van der Waals surface area contributed by atoms with E-state index in [9.17, 15) is 4.79 Å². The molecule has 4 heteroatoms. The molecule has 1 heterocycles. The van der Waals surface area contributed by atoms with E-state index < -0.39 is 0 Å². The highest BCUT2D eigenvalue weighted by atomic mass is 16.5. The van der Waals surface area contributed by atoms with Gasteiger partial charge >= 0.3 is 5.97 Å². The number of nitrogens with zero attached hydrogens (tertiary/aromatic N) is 2. The van der Waals surface area contributed by atoms with Crippen molar-refractivity contribution < 1.29 is 9.53 Å². The van der Waals surface area contributed by atoms with E-state index in [1.54, 1.807) is 26.1 Å². The molecule has 0 atom stereocenters. The van der Waals surface area contributed by atoms with Crippen LogP contribution in [-0.2, 0) is 16.1 Å². The maximum absolute atomic E-state index is 11.4. The van der Waals surface area contributed by atoms with Crippen molar-refractivity contribution in [3.05, 3.63) is 23.5 Å². The first-order valence-electron chi connectivity index (χ1n) is 5.55.